The van der Waals surface area contributed by atoms with Crippen molar-refractivity contribution in [3.05, 3.63) is 101 Å². The Labute approximate surface area is 447 Å². The minimum atomic E-state index is -1.16. The van der Waals surface area contributed by atoms with Gasteiger partial charge in [-0.25, -0.2) is 10.2 Å². The number of pyridine rings is 1. The SMILES string of the molecule is CCn1c(-c2cc(N3CCN(C)CC3)cnc2C(C)OC)c2c3cc(ccc31)-c1cc(O)cc(c1)CC(NC(=O)C(C(C)C)N(C)C(=O)C1OCCC1c1ccccc1)C(=O)N1CCC3CC3(N1)C(=O)OCC(C)(C)C2. The molecule has 16 nitrogen and oxygen atoms in total. The first-order chi connectivity index (χ1) is 36.4. The Bertz CT molecular complexity index is 3000. The van der Waals surface area contributed by atoms with Gasteiger partial charge in [0.15, 0.2) is 0 Å². The van der Waals surface area contributed by atoms with Crippen LogP contribution in [-0.2, 0) is 52.8 Å². The number of benzene rings is 3. The molecule has 4 aliphatic heterocycles. The number of anilines is 1. The molecule has 1 saturated carbocycles. The van der Waals surface area contributed by atoms with E-state index in [1.165, 1.54) is 9.91 Å². The van der Waals surface area contributed by atoms with Crippen molar-refractivity contribution >= 4 is 40.3 Å². The number of aromatic hydroxyl groups is 1. The van der Waals surface area contributed by atoms with Crippen LogP contribution in [0.4, 0.5) is 5.69 Å². The Morgan fingerprint density at radius 1 is 0.974 bits per heavy atom. The third-order valence-electron chi connectivity index (χ3n) is 16.9. The third-order valence-corrected chi connectivity index (χ3v) is 16.9. The fraction of sp³-hybridized carbons (Fsp3) is 0.517. The molecule has 16 heteroatoms. The first kappa shape index (κ1) is 53.1. The van der Waals surface area contributed by atoms with Crippen molar-refractivity contribution in [1.82, 2.24) is 35.1 Å². The van der Waals surface area contributed by atoms with E-state index >= 15 is 4.79 Å². The van der Waals surface area contributed by atoms with Crippen LogP contribution in [0.1, 0.15) is 95.2 Å². The van der Waals surface area contributed by atoms with Gasteiger partial charge in [-0.15, -0.1) is 0 Å². The van der Waals surface area contributed by atoms with Gasteiger partial charge in [0.25, 0.3) is 11.8 Å². The van der Waals surface area contributed by atoms with E-state index in [-0.39, 0.29) is 48.5 Å². The van der Waals surface area contributed by atoms with E-state index in [0.29, 0.717) is 50.9 Å². The molecule has 404 valence electrons. The smallest absolute Gasteiger partial charge is 0.328 e. The number of fused-ring (bicyclic) bond motifs is 5. The van der Waals surface area contributed by atoms with Gasteiger partial charge >= 0.3 is 5.97 Å². The Morgan fingerprint density at radius 3 is 2.46 bits per heavy atom. The van der Waals surface area contributed by atoms with Gasteiger partial charge < -0.3 is 43.9 Å². The van der Waals surface area contributed by atoms with Crippen molar-refractivity contribution in [1.29, 1.82) is 0 Å². The molecule has 6 heterocycles. The second-order valence-corrected chi connectivity index (χ2v) is 23.2. The van der Waals surface area contributed by atoms with Crippen molar-refractivity contribution < 1.29 is 38.5 Å². The molecule has 3 saturated heterocycles. The zero-order valence-corrected chi connectivity index (χ0v) is 45.7. The van der Waals surface area contributed by atoms with Crippen molar-refractivity contribution in [3.63, 3.8) is 0 Å². The van der Waals surface area contributed by atoms with E-state index in [1.54, 1.807) is 26.3 Å². The van der Waals surface area contributed by atoms with Gasteiger partial charge in [0, 0.05) is 94.3 Å². The molecule has 0 radical (unpaired) electrons. The van der Waals surface area contributed by atoms with Crippen LogP contribution in [0.3, 0.4) is 0 Å². The number of nitrogens with one attached hydrogen (secondary N) is 2. The number of aryl methyl sites for hydroxylation is 1. The second-order valence-electron chi connectivity index (χ2n) is 23.2. The number of methoxy groups -OCH3 is 1. The van der Waals surface area contributed by atoms with Gasteiger partial charge in [-0.05, 0) is 117 Å². The lowest BCUT2D eigenvalue weighted by atomic mass is 9.84. The molecule has 1 spiro atoms. The Hall–Kier alpha value is -6.33. The number of hydrogen-bond acceptors (Lipinski definition) is 12. The monoisotopic (exact) mass is 1040 g/mol. The van der Waals surface area contributed by atoms with Gasteiger partial charge in [-0.1, -0.05) is 70.2 Å². The normalized spacial score (nSPS) is 24.7. The second kappa shape index (κ2) is 21.2. The number of aromatic nitrogens is 2. The number of cyclic esters (lactones) is 1. The van der Waals surface area contributed by atoms with Crippen LogP contribution in [0.2, 0.25) is 0 Å². The average Bonchev–Trinajstić information content (AvgIpc) is 3.84. The molecule has 3 aromatic carbocycles. The third kappa shape index (κ3) is 10.2. The van der Waals surface area contributed by atoms with Crippen LogP contribution in [0.15, 0.2) is 79.0 Å². The number of ether oxygens (including phenoxy) is 3. The first-order valence-corrected chi connectivity index (χ1v) is 27.3. The molecule has 3 amide bonds. The molecule has 1 aliphatic carbocycles. The van der Waals surface area contributed by atoms with Crippen LogP contribution >= 0.6 is 0 Å². The van der Waals surface area contributed by atoms with Gasteiger partial charge in [-0.2, -0.15) is 0 Å². The predicted octanol–water partition coefficient (Wildman–Crippen LogP) is 7.26. The fourth-order valence-corrected chi connectivity index (χ4v) is 12.5. The Morgan fingerprint density at radius 2 is 1.74 bits per heavy atom. The van der Waals surface area contributed by atoms with Crippen molar-refractivity contribution in [2.45, 2.75) is 116 Å². The van der Waals surface area contributed by atoms with E-state index in [9.17, 15) is 19.5 Å². The Balaban J connectivity index is 1.06. The van der Waals surface area contributed by atoms with Crippen molar-refractivity contribution in [2.75, 3.05) is 72.0 Å². The highest BCUT2D eigenvalue weighted by Crippen LogP contribution is 2.50. The van der Waals surface area contributed by atoms with Gasteiger partial charge in [0.05, 0.1) is 36.0 Å². The molecule has 6 bridgehead atoms. The van der Waals surface area contributed by atoms with Crippen molar-refractivity contribution in [2.24, 2.45) is 17.3 Å². The molecule has 5 aromatic rings. The van der Waals surface area contributed by atoms with E-state index in [0.717, 1.165) is 82.0 Å². The van der Waals surface area contributed by atoms with Crippen LogP contribution in [0.25, 0.3) is 33.3 Å². The van der Waals surface area contributed by atoms with Crippen LogP contribution in [-0.4, -0.2) is 144 Å². The van der Waals surface area contributed by atoms with Gasteiger partial charge in [0.1, 0.15) is 29.5 Å². The summed E-state index contributed by atoms with van der Waals surface area (Å²) in [5.41, 5.74) is 10.8. The van der Waals surface area contributed by atoms with Gasteiger partial charge in [-0.3, -0.25) is 24.4 Å². The summed E-state index contributed by atoms with van der Waals surface area (Å²) in [4.78, 5) is 70.2. The van der Waals surface area contributed by atoms with E-state index in [1.807, 2.05) is 63.4 Å². The van der Waals surface area contributed by atoms with Crippen LogP contribution in [0, 0.1) is 17.3 Å². The number of rotatable bonds is 11. The number of carbonyl (C=O) groups excluding carboxylic acids is 4. The maximum absolute atomic E-state index is 15.1. The molecular formula is C60H76N8O8. The van der Waals surface area contributed by atoms with E-state index < -0.39 is 46.9 Å². The standard InChI is InChI=1S/C60H76N8O8/c1-10-67-50-17-16-40-30-46(50)48(53(67)47-31-43(34-61-51(47)37(4)74-9)66-23-21-64(7)22-24-66)33-59(5,6)35-76-58(73)60-32-42(60)18-20-68(63-60)56(71)49(28-38-26-41(40)29-44(69)27-38)62-55(70)52(36(2)3)65(8)57(72)54-45(19-25-75-54)39-14-12-11-13-15-39/h11-17,26-27,29-31,34,36-37,42,45,49,52,54,63,69H,10,18-25,28,32-33,35H2,1-9H3,(H,62,70). The van der Waals surface area contributed by atoms with Crippen LogP contribution in [0.5, 0.6) is 5.75 Å². The first-order valence-electron chi connectivity index (χ1n) is 27.3. The lowest BCUT2D eigenvalue weighted by Crippen LogP contribution is -2.63. The number of carbonyl (C=O) groups is 4. The molecule has 5 aliphatic rings. The highest BCUT2D eigenvalue weighted by molar-refractivity contribution is 5.97. The maximum atomic E-state index is 15.1. The molecule has 10 rings (SSSR count). The molecule has 2 aromatic heterocycles. The minimum absolute atomic E-state index is 0.00444. The number of nitrogens with zero attached hydrogens (tertiary/aromatic N) is 6. The minimum Gasteiger partial charge on any atom is -0.508 e. The number of amides is 3. The number of hydrogen-bond donors (Lipinski definition) is 3. The fourth-order valence-electron chi connectivity index (χ4n) is 12.5. The molecule has 7 unspecified atom stereocenters. The topological polar surface area (TPSA) is 171 Å². The number of esters is 1. The quantitative estimate of drug-likeness (QED) is 0.113. The number of likely N-dealkylation sites (N-methyl/N-ethyl adjacent to an activating group) is 2. The largest absolute Gasteiger partial charge is 0.508 e. The number of hydrazine groups is 1. The van der Waals surface area contributed by atoms with Gasteiger partial charge in [0.2, 0.25) is 5.91 Å². The summed E-state index contributed by atoms with van der Waals surface area (Å²) in [6.45, 7) is 17.3. The average molecular weight is 1040 g/mol. The lowest BCUT2D eigenvalue weighted by Gasteiger charge is -2.37. The summed E-state index contributed by atoms with van der Waals surface area (Å²) in [7, 11) is 5.49. The zero-order chi connectivity index (χ0) is 53.8. The zero-order valence-electron chi connectivity index (χ0n) is 45.7. The lowest BCUT2D eigenvalue weighted by molar-refractivity contribution is -0.157. The molecule has 3 N–H and O–H groups in total. The summed E-state index contributed by atoms with van der Waals surface area (Å²) in [5.74, 6) is -2.20. The highest BCUT2D eigenvalue weighted by atomic mass is 16.5. The summed E-state index contributed by atoms with van der Waals surface area (Å²) in [6, 6.07) is 21.7. The number of piperazine rings is 1. The molecule has 7 atom stereocenters. The molecular weight excluding hydrogens is 961 g/mol. The van der Waals surface area contributed by atoms with Crippen LogP contribution < -0.4 is 15.6 Å². The molecule has 76 heavy (non-hydrogen) atoms. The van der Waals surface area contributed by atoms with Crippen molar-refractivity contribution in [3.8, 4) is 28.1 Å². The summed E-state index contributed by atoms with van der Waals surface area (Å²) in [6.07, 6.45) is 3.18. The summed E-state index contributed by atoms with van der Waals surface area (Å²) < 4.78 is 20.8. The Kier molecular flexibility index (Phi) is 14.8. The maximum Gasteiger partial charge on any atom is 0.328 e. The van der Waals surface area contributed by atoms with E-state index in [4.69, 9.17) is 19.2 Å². The highest BCUT2D eigenvalue weighted by Gasteiger charge is 2.64. The predicted molar refractivity (Wildman–Crippen MR) is 292 cm³/mol. The summed E-state index contributed by atoms with van der Waals surface area (Å²) in [5, 5.41) is 17.1. The number of phenolic OH excluding ortho intramolecular Hbond substituents is 1. The van der Waals surface area contributed by atoms with E-state index in [2.05, 4.69) is 77.2 Å². The number of phenols is 1. The summed E-state index contributed by atoms with van der Waals surface area (Å²) >= 11 is 0. The molecule has 4 fully saturated rings.